The van der Waals surface area contributed by atoms with Crippen LogP contribution >= 0.6 is 23.2 Å². The Bertz CT molecular complexity index is 1030. The lowest BCUT2D eigenvalue weighted by atomic mass is 10.1. The molecule has 0 spiro atoms. The van der Waals surface area contributed by atoms with Crippen molar-refractivity contribution < 1.29 is 4.79 Å². The zero-order valence-electron chi connectivity index (χ0n) is 13.6. The summed E-state index contributed by atoms with van der Waals surface area (Å²) in [5.41, 5.74) is 0.301. The number of hydrogen-bond donors (Lipinski definition) is 1. The molecule has 0 saturated carbocycles. The molecule has 1 heterocycles. The molecule has 25 heavy (non-hydrogen) atoms. The van der Waals surface area contributed by atoms with E-state index in [2.05, 4.69) is 10.4 Å². The molecule has 0 saturated heterocycles. The number of halogens is 2. The predicted octanol–water partition coefficient (Wildman–Crippen LogP) is 4.54. The second kappa shape index (κ2) is 6.86. The Hall–Kier alpha value is -2.37. The second-order valence-corrected chi connectivity index (χ2v) is 6.58. The molecule has 128 valence electrons. The maximum absolute atomic E-state index is 12.8. The van der Waals surface area contributed by atoms with Crippen LogP contribution in [-0.4, -0.2) is 15.7 Å². The SMILES string of the molecule is CC(C)n1nc(C(=O)Nc2cccc(Cl)c2Cl)c2ccccc2c1=O. The van der Waals surface area contributed by atoms with Crippen molar-refractivity contribution in [2.45, 2.75) is 19.9 Å². The van der Waals surface area contributed by atoms with Gasteiger partial charge in [-0.05, 0) is 32.0 Å². The van der Waals surface area contributed by atoms with Gasteiger partial charge in [-0.2, -0.15) is 5.10 Å². The van der Waals surface area contributed by atoms with E-state index < -0.39 is 5.91 Å². The van der Waals surface area contributed by atoms with E-state index in [1.165, 1.54) is 4.68 Å². The summed E-state index contributed by atoms with van der Waals surface area (Å²) in [4.78, 5) is 25.3. The average molecular weight is 376 g/mol. The third-order valence-corrected chi connectivity index (χ3v) is 4.55. The summed E-state index contributed by atoms with van der Waals surface area (Å²) in [7, 11) is 0. The standard InChI is InChI=1S/C18H15Cl2N3O2/c1-10(2)23-18(25)12-7-4-3-6-11(12)16(22-23)17(24)21-14-9-5-8-13(19)15(14)20/h3-10H,1-2H3,(H,21,24). The molecule has 2 aromatic carbocycles. The number of nitrogens with one attached hydrogen (secondary N) is 1. The lowest BCUT2D eigenvalue weighted by Crippen LogP contribution is -2.29. The number of anilines is 1. The Balaban J connectivity index is 2.14. The number of fused-ring (bicyclic) bond motifs is 1. The number of nitrogens with zero attached hydrogens (tertiary/aromatic N) is 2. The number of carbonyl (C=O) groups is 1. The Morgan fingerprint density at radius 2 is 1.76 bits per heavy atom. The molecule has 1 aromatic heterocycles. The molecule has 0 bridgehead atoms. The van der Waals surface area contributed by atoms with Crippen LogP contribution in [0.15, 0.2) is 47.3 Å². The van der Waals surface area contributed by atoms with Crippen LogP contribution in [0, 0.1) is 0 Å². The summed E-state index contributed by atoms with van der Waals surface area (Å²) >= 11 is 12.1. The monoisotopic (exact) mass is 375 g/mol. The molecule has 5 nitrogen and oxygen atoms in total. The van der Waals surface area contributed by atoms with Gasteiger partial charge in [0.2, 0.25) is 0 Å². The molecule has 1 N–H and O–H groups in total. The molecule has 0 radical (unpaired) electrons. The molecule has 1 amide bonds. The van der Waals surface area contributed by atoms with Crippen molar-refractivity contribution in [2.24, 2.45) is 0 Å². The summed E-state index contributed by atoms with van der Waals surface area (Å²) in [5.74, 6) is -0.463. The fourth-order valence-corrected chi connectivity index (χ4v) is 2.85. The summed E-state index contributed by atoms with van der Waals surface area (Å²) in [6.07, 6.45) is 0. The van der Waals surface area contributed by atoms with Gasteiger partial charge >= 0.3 is 0 Å². The lowest BCUT2D eigenvalue weighted by Gasteiger charge is -2.14. The highest BCUT2D eigenvalue weighted by Gasteiger charge is 2.19. The van der Waals surface area contributed by atoms with E-state index in [0.29, 0.717) is 21.5 Å². The van der Waals surface area contributed by atoms with E-state index in [1.54, 1.807) is 42.5 Å². The smallest absolute Gasteiger partial charge is 0.276 e. The van der Waals surface area contributed by atoms with Gasteiger partial charge in [0.05, 0.1) is 27.2 Å². The maximum atomic E-state index is 12.8. The zero-order chi connectivity index (χ0) is 18.1. The molecular weight excluding hydrogens is 361 g/mol. The third-order valence-electron chi connectivity index (χ3n) is 3.73. The largest absolute Gasteiger partial charge is 0.319 e. The first kappa shape index (κ1) is 17.5. The molecule has 0 atom stereocenters. The van der Waals surface area contributed by atoms with Crippen LogP contribution in [0.4, 0.5) is 5.69 Å². The molecule has 0 fully saturated rings. The van der Waals surface area contributed by atoms with Gasteiger partial charge in [0.15, 0.2) is 5.69 Å². The second-order valence-electron chi connectivity index (χ2n) is 5.79. The Kier molecular flexibility index (Phi) is 4.79. The summed E-state index contributed by atoms with van der Waals surface area (Å²) in [6, 6.07) is 11.7. The highest BCUT2D eigenvalue weighted by atomic mass is 35.5. The number of aromatic nitrogens is 2. The van der Waals surface area contributed by atoms with Crippen LogP contribution in [0.3, 0.4) is 0 Å². The van der Waals surface area contributed by atoms with E-state index in [4.69, 9.17) is 23.2 Å². The van der Waals surface area contributed by atoms with Crippen LogP contribution in [0.5, 0.6) is 0 Å². The molecule has 7 heteroatoms. The zero-order valence-corrected chi connectivity index (χ0v) is 15.1. The predicted molar refractivity (Wildman–Crippen MR) is 101 cm³/mol. The van der Waals surface area contributed by atoms with Crippen LogP contribution < -0.4 is 10.9 Å². The van der Waals surface area contributed by atoms with Gasteiger partial charge in [0.25, 0.3) is 11.5 Å². The molecule has 0 aliphatic heterocycles. The van der Waals surface area contributed by atoms with Crippen molar-refractivity contribution in [3.05, 3.63) is 68.6 Å². The normalized spacial score (nSPS) is 11.1. The Morgan fingerprint density at radius 1 is 1.08 bits per heavy atom. The minimum Gasteiger partial charge on any atom is -0.319 e. The van der Waals surface area contributed by atoms with E-state index in [0.717, 1.165) is 0 Å². The van der Waals surface area contributed by atoms with Crippen molar-refractivity contribution in [1.82, 2.24) is 9.78 Å². The lowest BCUT2D eigenvalue weighted by molar-refractivity contribution is 0.102. The van der Waals surface area contributed by atoms with Gasteiger partial charge in [-0.25, -0.2) is 4.68 Å². The number of rotatable bonds is 3. The molecule has 3 rings (SSSR count). The molecule has 3 aromatic rings. The third kappa shape index (κ3) is 3.25. The van der Waals surface area contributed by atoms with E-state index in [9.17, 15) is 9.59 Å². The number of amides is 1. The first-order valence-electron chi connectivity index (χ1n) is 7.67. The van der Waals surface area contributed by atoms with E-state index in [-0.39, 0.29) is 22.3 Å². The highest BCUT2D eigenvalue weighted by Crippen LogP contribution is 2.30. The van der Waals surface area contributed by atoms with Crippen molar-refractivity contribution in [3.63, 3.8) is 0 Å². The average Bonchev–Trinajstić information content (AvgIpc) is 2.59. The number of hydrogen-bond acceptors (Lipinski definition) is 3. The summed E-state index contributed by atoms with van der Waals surface area (Å²) in [5, 5.41) is 8.49. The quantitative estimate of drug-likeness (QED) is 0.730. The number of carbonyl (C=O) groups excluding carboxylic acids is 1. The fourth-order valence-electron chi connectivity index (χ4n) is 2.51. The number of benzene rings is 2. The fraction of sp³-hybridized carbons (Fsp3) is 0.167. The summed E-state index contributed by atoms with van der Waals surface area (Å²) < 4.78 is 1.30. The highest BCUT2D eigenvalue weighted by molar-refractivity contribution is 6.44. The van der Waals surface area contributed by atoms with Crippen molar-refractivity contribution in [1.29, 1.82) is 0 Å². The van der Waals surface area contributed by atoms with Gasteiger partial charge in [-0.1, -0.05) is 47.5 Å². The molecule has 0 aliphatic rings. The van der Waals surface area contributed by atoms with Crippen LogP contribution in [0.1, 0.15) is 30.4 Å². The first-order valence-corrected chi connectivity index (χ1v) is 8.42. The van der Waals surface area contributed by atoms with Crippen molar-refractivity contribution in [2.75, 3.05) is 5.32 Å². The van der Waals surface area contributed by atoms with Gasteiger partial charge in [-0.3, -0.25) is 9.59 Å². The van der Waals surface area contributed by atoms with Crippen molar-refractivity contribution in [3.8, 4) is 0 Å². The Labute approximate surface area is 154 Å². The van der Waals surface area contributed by atoms with Gasteiger partial charge in [0.1, 0.15) is 0 Å². The Morgan fingerprint density at radius 3 is 2.44 bits per heavy atom. The molecule has 0 aliphatic carbocycles. The van der Waals surface area contributed by atoms with Gasteiger partial charge in [-0.15, -0.1) is 0 Å². The summed E-state index contributed by atoms with van der Waals surface area (Å²) in [6.45, 7) is 3.66. The van der Waals surface area contributed by atoms with Crippen molar-refractivity contribution >= 4 is 45.6 Å². The first-order chi connectivity index (χ1) is 11.9. The van der Waals surface area contributed by atoms with Crippen LogP contribution in [0.25, 0.3) is 10.8 Å². The van der Waals surface area contributed by atoms with Crippen LogP contribution in [-0.2, 0) is 0 Å². The maximum Gasteiger partial charge on any atom is 0.276 e. The van der Waals surface area contributed by atoms with E-state index in [1.807, 2.05) is 13.8 Å². The molecule has 0 unspecified atom stereocenters. The molecular formula is C18H15Cl2N3O2. The minimum atomic E-state index is -0.463. The van der Waals surface area contributed by atoms with Crippen LogP contribution in [0.2, 0.25) is 10.0 Å². The van der Waals surface area contributed by atoms with Gasteiger partial charge in [0, 0.05) is 5.39 Å². The topological polar surface area (TPSA) is 64.0 Å². The van der Waals surface area contributed by atoms with E-state index >= 15 is 0 Å². The minimum absolute atomic E-state index is 0.153. The van der Waals surface area contributed by atoms with Gasteiger partial charge < -0.3 is 5.32 Å².